The molecule has 2 aromatic rings. The van der Waals surface area contributed by atoms with E-state index in [4.69, 9.17) is 10.2 Å². The van der Waals surface area contributed by atoms with Crippen LogP contribution in [0.25, 0.3) is 0 Å². The van der Waals surface area contributed by atoms with Crippen LogP contribution >= 0.6 is 0 Å². The zero-order chi connectivity index (χ0) is 17.4. The van der Waals surface area contributed by atoms with Gasteiger partial charge in [0.25, 0.3) is 0 Å². The van der Waals surface area contributed by atoms with E-state index >= 15 is 0 Å². The van der Waals surface area contributed by atoms with E-state index in [0.717, 1.165) is 0 Å². The monoisotopic (exact) mass is 304 g/mol. The molecule has 2 N–H and O–H groups in total. The van der Waals surface area contributed by atoms with E-state index in [-0.39, 0.29) is 12.4 Å². The van der Waals surface area contributed by atoms with Crippen LogP contribution in [0, 0.1) is 13.8 Å². The number of hydrogen-bond donors (Lipinski definition) is 2. The summed E-state index contributed by atoms with van der Waals surface area (Å²) in [4.78, 5) is 9.44. The van der Waals surface area contributed by atoms with Crippen molar-refractivity contribution in [2.24, 2.45) is 0 Å². The molecule has 0 bridgehead atoms. The van der Waals surface area contributed by atoms with Crippen molar-refractivity contribution in [1.82, 2.24) is 0 Å². The van der Waals surface area contributed by atoms with E-state index in [1.165, 1.54) is 25.0 Å². The molecule has 0 saturated heterocycles. The molecule has 0 atom stereocenters. The van der Waals surface area contributed by atoms with Gasteiger partial charge in [0, 0.05) is 6.61 Å². The first kappa shape index (κ1) is 22.2. The minimum atomic E-state index is 0.167. The predicted octanol–water partition coefficient (Wildman–Crippen LogP) is 4.29. The molecule has 122 valence electrons. The summed E-state index contributed by atoms with van der Waals surface area (Å²) < 4.78 is 0. The number of aryl methyl sites for hydroxylation is 2. The Morgan fingerprint density at radius 2 is 1.18 bits per heavy atom. The lowest BCUT2D eigenvalue weighted by Gasteiger charge is -1.89. The highest BCUT2D eigenvalue weighted by Crippen LogP contribution is 2.07. The van der Waals surface area contributed by atoms with Crippen LogP contribution in [0.5, 0.6) is 5.75 Å². The fourth-order valence-corrected chi connectivity index (χ4v) is 1.08. The normalized spacial score (nSPS) is 8.09. The summed E-state index contributed by atoms with van der Waals surface area (Å²) >= 11 is 0. The average Bonchev–Trinajstić information content (AvgIpc) is 2.44. The molecule has 0 aliphatic heterocycles. The van der Waals surface area contributed by atoms with Crippen LogP contribution in [0.2, 0.25) is 0 Å². The molecule has 2 rings (SSSR count). The number of rotatable bonds is 0. The van der Waals surface area contributed by atoms with Gasteiger partial charge >= 0.3 is 0 Å². The minimum Gasteiger partial charge on any atom is -0.508 e. The topological polar surface area (TPSA) is 57.5 Å². The van der Waals surface area contributed by atoms with Crippen molar-refractivity contribution >= 4 is 5.78 Å². The number of carbonyl (C=O) groups is 1. The average molecular weight is 304 g/mol. The van der Waals surface area contributed by atoms with Gasteiger partial charge in [0.2, 0.25) is 0 Å². The van der Waals surface area contributed by atoms with Gasteiger partial charge in [-0.2, -0.15) is 0 Å². The summed E-state index contributed by atoms with van der Waals surface area (Å²) in [6.45, 7) is 9.06. The third-order valence-electron chi connectivity index (χ3n) is 1.97. The number of phenols is 1. The number of aliphatic hydroxyl groups is 1. The van der Waals surface area contributed by atoms with Crippen LogP contribution < -0.4 is 0 Å². The van der Waals surface area contributed by atoms with Gasteiger partial charge in [-0.15, -0.1) is 0 Å². The van der Waals surface area contributed by atoms with E-state index in [0.29, 0.717) is 5.75 Å². The maximum absolute atomic E-state index is 9.44. The summed E-state index contributed by atoms with van der Waals surface area (Å²) in [5, 5.41) is 16.3. The molecular formula is C19H28O3. The molecule has 0 aliphatic carbocycles. The van der Waals surface area contributed by atoms with Gasteiger partial charge in [0.05, 0.1) is 0 Å². The van der Waals surface area contributed by atoms with Crippen LogP contribution in [-0.2, 0) is 4.79 Å². The first-order valence-corrected chi connectivity index (χ1v) is 7.18. The Hall–Kier alpha value is -2.13. The number of phenolic OH excluding ortho intramolecular Hbond substituents is 1. The molecule has 0 radical (unpaired) electrons. The van der Waals surface area contributed by atoms with Gasteiger partial charge in [0.15, 0.2) is 0 Å². The number of carbonyl (C=O) groups excluding carboxylic acids is 1. The second-order valence-corrected chi connectivity index (χ2v) is 4.71. The van der Waals surface area contributed by atoms with Crippen LogP contribution in [-0.4, -0.2) is 22.6 Å². The van der Waals surface area contributed by atoms with Crippen molar-refractivity contribution in [2.75, 3.05) is 6.61 Å². The summed E-state index contributed by atoms with van der Waals surface area (Å²) in [5.41, 5.74) is 2.49. The Labute approximate surface area is 134 Å². The Balaban J connectivity index is 0. The van der Waals surface area contributed by atoms with E-state index in [1.54, 1.807) is 19.1 Å². The third kappa shape index (κ3) is 20.2. The van der Waals surface area contributed by atoms with E-state index in [1.807, 2.05) is 37.3 Å². The minimum absolute atomic E-state index is 0.167. The van der Waals surface area contributed by atoms with Gasteiger partial charge in [-0.3, -0.25) is 0 Å². The Bertz CT molecular complexity index is 451. The van der Waals surface area contributed by atoms with Crippen molar-refractivity contribution in [3.05, 3.63) is 65.7 Å². The summed E-state index contributed by atoms with van der Waals surface area (Å²) in [7, 11) is 0. The van der Waals surface area contributed by atoms with Crippen molar-refractivity contribution in [1.29, 1.82) is 0 Å². The maximum Gasteiger partial charge on any atom is 0.126 e. The molecule has 2 aromatic carbocycles. The van der Waals surface area contributed by atoms with Crippen LogP contribution in [0.4, 0.5) is 0 Å². The number of aliphatic hydroxyl groups excluding tert-OH is 1. The molecule has 0 unspecified atom stereocenters. The summed E-state index contributed by atoms with van der Waals surface area (Å²) in [6, 6.07) is 17.4. The van der Waals surface area contributed by atoms with Crippen LogP contribution in [0.15, 0.2) is 54.6 Å². The molecule has 0 heterocycles. The highest BCUT2D eigenvalue weighted by atomic mass is 16.3. The van der Waals surface area contributed by atoms with Crippen molar-refractivity contribution < 1.29 is 15.0 Å². The highest BCUT2D eigenvalue weighted by molar-refractivity contribution is 5.72. The summed E-state index contributed by atoms with van der Waals surface area (Å²) in [6.07, 6.45) is 0. The molecule has 0 aliphatic rings. The number of ketones is 1. The predicted molar refractivity (Wildman–Crippen MR) is 93.1 cm³/mol. The molecule has 3 heteroatoms. The molecule has 0 saturated carbocycles. The smallest absolute Gasteiger partial charge is 0.126 e. The largest absolute Gasteiger partial charge is 0.508 e. The van der Waals surface area contributed by atoms with Crippen molar-refractivity contribution in [3.63, 3.8) is 0 Å². The molecule has 0 amide bonds. The standard InChI is InChI=1S/C7H8O.C7H8.C3H6O.C2H6O/c1-6-2-4-7(8)5-3-6;1-7-5-3-2-4-6-7;1-3(2)4;1-2-3/h2-5,8H,1H3;2-6H,1H3;1-2H3;3H,2H2,1H3. The number of benzene rings is 2. The molecule has 0 fully saturated rings. The van der Waals surface area contributed by atoms with E-state index in [9.17, 15) is 4.79 Å². The quantitative estimate of drug-likeness (QED) is 0.763. The second kappa shape index (κ2) is 15.3. The molecule has 22 heavy (non-hydrogen) atoms. The SMILES string of the molecule is CC(C)=O.CCO.Cc1ccc(O)cc1.Cc1ccccc1. The zero-order valence-corrected chi connectivity index (χ0v) is 14.2. The maximum atomic E-state index is 9.44. The zero-order valence-electron chi connectivity index (χ0n) is 14.2. The summed E-state index contributed by atoms with van der Waals surface area (Å²) in [5.74, 6) is 0.496. The number of aromatic hydroxyl groups is 1. The fraction of sp³-hybridized carbons (Fsp3) is 0.316. The number of hydrogen-bond acceptors (Lipinski definition) is 3. The van der Waals surface area contributed by atoms with Gasteiger partial charge in [-0.1, -0.05) is 53.6 Å². The lowest BCUT2D eigenvalue weighted by atomic mass is 10.2. The molecule has 0 spiro atoms. The molecule has 3 nitrogen and oxygen atoms in total. The Morgan fingerprint density at radius 1 is 0.864 bits per heavy atom. The molecular weight excluding hydrogens is 276 g/mol. The van der Waals surface area contributed by atoms with Crippen LogP contribution in [0.3, 0.4) is 0 Å². The van der Waals surface area contributed by atoms with E-state index in [2.05, 4.69) is 19.1 Å². The second-order valence-electron chi connectivity index (χ2n) is 4.71. The number of Topliss-reactive ketones (excluding diaryl/α,β-unsaturated/α-hetero) is 1. The Kier molecular flexibility index (Phi) is 15.4. The van der Waals surface area contributed by atoms with Gasteiger partial charge < -0.3 is 15.0 Å². The Morgan fingerprint density at radius 3 is 1.41 bits per heavy atom. The van der Waals surface area contributed by atoms with E-state index < -0.39 is 0 Å². The first-order chi connectivity index (χ1) is 10.3. The lowest BCUT2D eigenvalue weighted by molar-refractivity contribution is -0.114. The highest BCUT2D eigenvalue weighted by Gasteiger charge is 1.82. The van der Waals surface area contributed by atoms with Crippen LogP contribution in [0.1, 0.15) is 31.9 Å². The van der Waals surface area contributed by atoms with Crippen molar-refractivity contribution in [3.8, 4) is 5.75 Å². The molecule has 0 aromatic heterocycles. The van der Waals surface area contributed by atoms with Gasteiger partial charge in [0.1, 0.15) is 11.5 Å². The lowest BCUT2D eigenvalue weighted by Crippen LogP contribution is -1.69. The third-order valence-corrected chi connectivity index (χ3v) is 1.97. The first-order valence-electron chi connectivity index (χ1n) is 7.18. The van der Waals surface area contributed by atoms with Crippen molar-refractivity contribution in [2.45, 2.75) is 34.6 Å². The van der Waals surface area contributed by atoms with Gasteiger partial charge in [-0.25, -0.2) is 0 Å². The van der Waals surface area contributed by atoms with Gasteiger partial charge in [-0.05, 0) is 46.8 Å². The fourth-order valence-electron chi connectivity index (χ4n) is 1.08.